The standard InChI is InChI=1S/C13H17NO2.ClH/c1-11(2)13(15)16-9-8-14-10-12-6-4-3-5-7-12;/h3-7,14H,1,8-10H2,2H3;1H. The number of hydrogen-bond donors (Lipinski definition) is 1. The predicted molar refractivity (Wildman–Crippen MR) is 62.7 cm³/mol. The van der Waals surface area contributed by atoms with Gasteiger partial charge in [0.15, 0.2) is 0 Å². The number of hydrogen-bond acceptors (Lipinski definition) is 2. The number of nitrogens with two attached hydrogens (primary N) is 1. The molecule has 0 atom stereocenters. The Bertz CT molecular complexity index is 352. The number of ether oxygens (including phenoxy) is 1. The Kier molecular flexibility index (Phi) is 8.11. The van der Waals surface area contributed by atoms with Crippen molar-refractivity contribution < 1.29 is 27.3 Å². The van der Waals surface area contributed by atoms with Gasteiger partial charge >= 0.3 is 5.97 Å². The van der Waals surface area contributed by atoms with Crippen LogP contribution >= 0.6 is 0 Å². The van der Waals surface area contributed by atoms with E-state index in [0.717, 1.165) is 13.1 Å². The second-order valence-electron chi connectivity index (χ2n) is 3.68. The molecule has 0 fully saturated rings. The van der Waals surface area contributed by atoms with E-state index in [1.807, 2.05) is 18.2 Å². The van der Waals surface area contributed by atoms with Gasteiger partial charge in [0.2, 0.25) is 0 Å². The maximum atomic E-state index is 11.0. The van der Waals surface area contributed by atoms with E-state index in [0.29, 0.717) is 12.2 Å². The number of carbonyl (C=O) groups is 1. The molecular weight excluding hydrogens is 238 g/mol. The maximum absolute atomic E-state index is 11.0. The number of carbonyl (C=O) groups excluding carboxylic acids is 1. The van der Waals surface area contributed by atoms with Gasteiger partial charge in [-0.1, -0.05) is 36.9 Å². The Morgan fingerprint density at radius 3 is 2.59 bits per heavy atom. The van der Waals surface area contributed by atoms with Gasteiger partial charge in [0, 0.05) is 11.1 Å². The summed E-state index contributed by atoms with van der Waals surface area (Å²) >= 11 is 0. The molecule has 94 valence electrons. The highest BCUT2D eigenvalue weighted by Crippen LogP contribution is 1.94. The Morgan fingerprint density at radius 1 is 1.35 bits per heavy atom. The molecule has 1 aromatic rings. The zero-order valence-corrected chi connectivity index (χ0v) is 10.7. The van der Waals surface area contributed by atoms with Crippen molar-refractivity contribution in [1.82, 2.24) is 0 Å². The quantitative estimate of drug-likeness (QED) is 0.359. The summed E-state index contributed by atoms with van der Waals surface area (Å²) < 4.78 is 4.97. The highest BCUT2D eigenvalue weighted by molar-refractivity contribution is 5.86. The molecule has 0 aliphatic rings. The van der Waals surface area contributed by atoms with Crippen molar-refractivity contribution >= 4 is 5.97 Å². The van der Waals surface area contributed by atoms with Crippen molar-refractivity contribution in [2.24, 2.45) is 0 Å². The lowest BCUT2D eigenvalue weighted by atomic mass is 10.2. The van der Waals surface area contributed by atoms with E-state index < -0.39 is 0 Å². The number of rotatable bonds is 6. The van der Waals surface area contributed by atoms with Crippen LogP contribution in [0.15, 0.2) is 42.5 Å². The van der Waals surface area contributed by atoms with E-state index in [1.54, 1.807) is 6.92 Å². The van der Waals surface area contributed by atoms with Crippen LogP contribution in [0.4, 0.5) is 0 Å². The number of quaternary nitrogens is 1. The summed E-state index contributed by atoms with van der Waals surface area (Å²) in [5, 5.41) is 2.11. The smallest absolute Gasteiger partial charge is 0.333 e. The van der Waals surface area contributed by atoms with Gasteiger partial charge in [-0.15, -0.1) is 0 Å². The van der Waals surface area contributed by atoms with E-state index in [9.17, 15) is 4.79 Å². The van der Waals surface area contributed by atoms with Crippen LogP contribution in [0.1, 0.15) is 12.5 Å². The minimum atomic E-state index is -0.312. The van der Waals surface area contributed by atoms with E-state index in [2.05, 4.69) is 24.0 Å². The molecule has 0 spiro atoms. The zero-order valence-electron chi connectivity index (χ0n) is 9.99. The molecule has 0 aliphatic heterocycles. The van der Waals surface area contributed by atoms with Crippen LogP contribution in [0, 0.1) is 0 Å². The van der Waals surface area contributed by atoms with Crippen LogP contribution in [0.2, 0.25) is 0 Å². The molecule has 0 unspecified atom stereocenters. The minimum Gasteiger partial charge on any atom is -1.00 e. The third-order valence-electron chi connectivity index (χ3n) is 2.13. The van der Waals surface area contributed by atoms with E-state index >= 15 is 0 Å². The molecular formula is C13H18ClNO2. The second kappa shape index (κ2) is 8.79. The van der Waals surface area contributed by atoms with Crippen LogP contribution in [-0.2, 0) is 16.1 Å². The van der Waals surface area contributed by atoms with Crippen molar-refractivity contribution in [3.8, 4) is 0 Å². The van der Waals surface area contributed by atoms with Crippen LogP contribution in [-0.4, -0.2) is 19.1 Å². The molecule has 0 saturated carbocycles. The molecule has 0 saturated heterocycles. The fraction of sp³-hybridized carbons (Fsp3) is 0.308. The van der Waals surface area contributed by atoms with Gasteiger partial charge < -0.3 is 22.5 Å². The molecule has 17 heavy (non-hydrogen) atoms. The average molecular weight is 256 g/mol. The van der Waals surface area contributed by atoms with Gasteiger partial charge in [-0.3, -0.25) is 0 Å². The van der Waals surface area contributed by atoms with Gasteiger partial charge in [0.05, 0.1) is 0 Å². The molecule has 1 rings (SSSR count). The molecule has 2 N–H and O–H groups in total. The second-order valence-corrected chi connectivity index (χ2v) is 3.68. The fourth-order valence-electron chi connectivity index (χ4n) is 1.24. The van der Waals surface area contributed by atoms with Crippen molar-refractivity contribution in [2.75, 3.05) is 13.2 Å². The van der Waals surface area contributed by atoms with Crippen molar-refractivity contribution in [1.29, 1.82) is 0 Å². The molecule has 0 aromatic heterocycles. The van der Waals surface area contributed by atoms with E-state index in [-0.39, 0.29) is 18.4 Å². The largest absolute Gasteiger partial charge is 1.00 e. The van der Waals surface area contributed by atoms with Crippen LogP contribution in [0.25, 0.3) is 0 Å². The first kappa shape index (κ1) is 15.7. The predicted octanol–water partition coefficient (Wildman–Crippen LogP) is -2.13. The highest BCUT2D eigenvalue weighted by Gasteiger charge is 2.02. The van der Waals surface area contributed by atoms with Crippen LogP contribution in [0.5, 0.6) is 0 Å². The average Bonchev–Trinajstić information content (AvgIpc) is 2.29. The van der Waals surface area contributed by atoms with Gasteiger partial charge in [-0.25, -0.2) is 4.79 Å². The Morgan fingerprint density at radius 2 is 2.00 bits per heavy atom. The molecule has 0 aliphatic carbocycles. The number of benzene rings is 1. The van der Waals surface area contributed by atoms with Crippen LogP contribution in [0.3, 0.4) is 0 Å². The number of esters is 1. The zero-order chi connectivity index (χ0) is 11.8. The molecule has 0 amide bonds. The lowest BCUT2D eigenvalue weighted by Crippen LogP contribution is -3.00. The van der Waals surface area contributed by atoms with E-state index in [1.165, 1.54) is 5.56 Å². The summed E-state index contributed by atoms with van der Waals surface area (Å²) in [5.74, 6) is -0.312. The van der Waals surface area contributed by atoms with Gasteiger partial charge in [-0.05, 0) is 6.92 Å². The van der Waals surface area contributed by atoms with Crippen LogP contribution < -0.4 is 17.7 Å². The summed E-state index contributed by atoms with van der Waals surface area (Å²) in [5.41, 5.74) is 1.72. The molecule has 4 heteroatoms. The lowest BCUT2D eigenvalue weighted by molar-refractivity contribution is -0.671. The van der Waals surface area contributed by atoms with Gasteiger partial charge in [0.25, 0.3) is 0 Å². The van der Waals surface area contributed by atoms with Gasteiger partial charge in [-0.2, -0.15) is 0 Å². The van der Waals surface area contributed by atoms with Crippen molar-refractivity contribution in [2.45, 2.75) is 13.5 Å². The van der Waals surface area contributed by atoms with E-state index in [4.69, 9.17) is 4.74 Å². The summed E-state index contributed by atoms with van der Waals surface area (Å²) in [6.07, 6.45) is 0. The highest BCUT2D eigenvalue weighted by atomic mass is 35.5. The normalized spacial score (nSPS) is 9.24. The first-order valence-corrected chi connectivity index (χ1v) is 5.38. The monoisotopic (exact) mass is 255 g/mol. The van der Waals surface area contributed by atoms with Gasteiger partial charge in [0.1, 0.15) is 19.7 Å². The fourth-order valence-corrected chi connectivity index (χ4v) is 1.24. The topological polar surface area (TPSA) is 42.9 Å². The van der Waals surface area contributed by atoms with Crippen molar-refractivity contribution in [3.63, 3.8) is 0 Å². The first-order valence-electron chi connectivity index (χ1n) is 5.38. The molecule has 1 aromatic carbocycles. The molecule has 0 radical (unpaired) electrons. The Balaban J connectivity index is 0.00000256. The maximum Gasteiger partial charge on any atom is 0.333 e. The molecule has 0 heterocycles. The summed E-state index contributed by atoms with van der Waals surface area (Å²) in [6, 6.07) is 10.2. The lowest BCUT2D eigenvalue weighted by Gasteiger charge is -2.04. The number of halogens is 1. The summed E-state index contributed by atoms with van der Waals surface area (Å²) in [4.78, 5) is 11.0. The minimum absolute atomic E-state index is 0. The Labute approximate surface area is 108 Å². The summed E-state index contributed by atoms with van der Waals surface area (Å²) in [6.45, 7) is 7.27. The SMILES string of the molecule is C=C(C)C(=O)OCC[NH2+]Cc1ccccc1.[Cl-]. The Hall–Kier alpha value is -1.32. The third-order valence-corrected chi connectivity index (χ3v) is 2.13. The first-order chi connectivity index (χ1) is 7.70. The molecule has 0 bridgehead atoms. The molecule has 3 nitrogen and oxygen atoms in total. The third kappa shape index (κ3) is 6.76. The van der Waals surface area contributed by atoms with Crippen molar-refractivity contribution in [3.05, 3.63) is 48.0 Å². The summed E-state index contributed by atoms with van der Waals surface area (Å²) in [7, 11) is 0.